The van der Waals surface area contributed by atoms with E-state index in [1.807, 2.05) is 37.0 Å². The zero-order chi connectivity index (χ0) is 20.8. The van der Waals surface area contributed by atoms with E-state index in [1.165, 1.54) is 12.1 Å². The van der Waals surface area contributed by atoms with Gasteiger partial charge in [-0.15, -0.1) is 0 Å². The van der Waals surface area contributed by atoms with E-state index in [2.05, 4.69) is 10.6 Å². The summed E-state index contributed by atoms with van der Waals surface area (Å²) >= 11 is 0. The van der Waals surface area contributed by atoms with Crippen LogP contribution in [0, 0.1) is 5.82 Å². The Labute approximate surface area is 171 Å². The first-order valence-electron chi connectivity index (χ1n) is 9.90. The molecule has 1 aliphatic rings. The number of nitrogens with zero attached hydrogens (tertiary/aromatic N) is 4. The normalized spacial score (nSPS) is 16.7. The molecule has 1 saturated heterocycles. The molecule has 7 nitrogen and oxygen atoms in total. The fourth-order valence-corrected chi connectivity index (χ4v) is 3.38. The largest absolute Gasteiger partial charge is 0.363 e. The minimum Gasteiger partial charge on any atom is -0.363 e. The minimum atomic E-state index is -0.329. The van der Waals surface area contributed by atoms with Crippen LogP contribution in [-0.4, -0.2) is 61.6 Å². The first-order valence-corrected chi connectivity index (χ1v) is 9.90. The monoisotopic (exact) mass is 400 g/mol. The molecule has 0 spiro atoms. The van der Waals surface area contributed by atoms with E-state index < -0.39 is 0 Å². The number of amides is 1. The Morgan fingerprint density at radius 2 is 2.00 bits per heavy atom. The molecule has 1 aromatic heterocycles. The Balaban J connectivity index is 1.65. The van der Waals surface area contributed by atoms with E-state index in [-0.39, 0.29) is 18.3 Å². The Bertz CT molecular complexity index is 820. The average Bonchev–Trinajstić information content (AvgIpc) is 2.70. The molecular weight excluding hydrogens is 371 g/mol. The predicted molar refractivity (Wildman–Crippen MR) is 113 cm³/mol. The molecule has 29 heavy (non-hydrogen) atoms. The van der Waals surface area contributed by atoms with E-state index in [1.54, 1.807) is 12.1 Å². The second kappa shape index (κ2) is 9.76. The van der Waals surface area contributed by atoms with Crippen LogP contribution in [0.1, 0.15) is 30.3 Å². The Kier molecular flexibility index (Phi) is 7.11. The Morgan fingerprint density at radius 3 is 2.66 bits per heavy atom. The van der Waals surface area contributed by atoms with Crippen molar-refractivity contribution in [3.05, 3.63) is 47.7 Å². The second-order valence-corrected chi connectivity index (χ2v) is 7.74. The number of nitrogens with one attached hydrogen (secondary N) is 2. The number of anilines is 2. The quantitative estimate of drug-likeness (QED) is 0.743. The lowest BCUT2D eigenvalue weighted by molar-refractivity contribution is -0.117. The Hall–Kier alpha value is -2.58. The molecule has 2 heterocycles. The fourth-order valence-electron chi connectivity index (χ4n) is 3.38. The van der Waals surface area contributed by atoms with Crippen molar-refractivity contribution >= 4 is 17.4 Å². The number of likely N-dealkylation sites (N-methyl/N-ethyl adjacent to an activating group) is 1. The van der Waals surface area contributed by atoms with Crippen LogP contribution in [0.5, 0.6) is 0 Å². The zero-order valence-electron chi connectivity index (χ0n) is 17.3. The Morgan fingerprint density at radius 1 is 1.24 bits per heavy atom. The summed E-state index contributed by atoms with van der Waals surface area (Å²) in [5.74, 6) is 1.57. The number of piperidine rings is 1. The maximum Gasteiger partial charge on any atom is 0.238 e. The van der Waals surface area contributed by atoms with Crippen molar-refractivity contribution in [2.75, 3.05) is 51.0 Å². The van der Waals surface area contributed by atoms with Crippen LogP contribution in [0.4, 0.5) is 15.9 Å². The molecule has 1 aliphatic heterocycles. The van der Waals surface area contributed by atoms with Crippen molar-refractivity contribution in [2.24, 2.45) is 0 Å². The van der Waals surface area contributed by atoms with Crippen LogP contribution in [0.2, 0.25) is 0 Å². The van der Waals surface area contributed by atoms with Crippen molar-refractivity contribution in [3.8, 4) is 0 Å². The van der Waals surface area contributed by atoms with Gasteiger partial charge in [-0.25, -0.2) is 14.4 Å². The van der Waals surface area contributed by atoms with Gasteiger partial charge >= 0.3 is 0 Å². The summed E-state index contributed by atoms with van der Waals surface area (Å²) in [5.41, 5.74) is 1.47. The number of benzene rings is 1. The summed E-state index contributed by atoms with van der Waals surface area (Å²) in [6.45, 7) is 2.68. The average molecular weight is 401 g/mol. The van der Waals surface area contributed by atoms with Crippen LogP contribution in [-0.2, 0) is 11.3 Å². The van der Waals surface area contributed by atoms with Gasteiger partial charge in [0.05, 0.1) is 12.2 Å². The molecule has 0 saturated carbocycles. The molecule has 1 unspecified atom stereocenters. The summed E-state index contributed by atoms with van der Waals surface area (Å²) in [6, 6.07) is 7.71. The molecule has 1 atom stereocenters. The van der Waals surface area contributed by atoms with Gasteiger partial charge in [-0.3, -0.25) is 9.69 Å². The van der Waals surface area contributed by atoms with Crippen molar-refractivity contribution in [1.29, 1.82) is 0 Å². The van der Waals surface area contributed by atoms with Gasteiger partial charge in [0.2, 0.25) is 5.91 Å². The molecule has 1 fully saturated rings. The van der Waals surface area contributed by atoms with Gasteiger partial charge in [0.1, 0.15) is 17.5 Å². The standard InChI is InChI=1S/C21H29FN6O/c1-27(2)19-11-18(25-21(26-19)15-5-4-10-23-12-15)13-28(3)14-20(29)24-17-8-6-16(22)7-9-17/h6-9,11,15,23H,4-5,10,12-14H2,1-3H3,(H,24,29). The van der Waals surface area contributed by atoms with E-state index >= 15 is 0 Å². The minimum absolute atomic E-state index is 0.155. The van der Waals surface area contributed by atoms with Gasteiger partial charge in [0, 0.05) is 44.9 Å². The highest BCUT2D eigenvalue weighted by atomic mass is 19.1. The summed E-state index contributed by atoms with van der Waals surface area (Å²) in [5, 5.41) is 6.20. The molecule has 8 heteroatoms. The van der Waals surface area contributed by atoms with Gasteiger partial charge in [0.15, 0.2) is 0 Å². The van der Waals surface area contributed by atoms with Crippen LogP contribution >= 0.6 is 0 Å². The van der Waals surface area contributed by atoms with Crippen LogP contribution in [0.3, 0.4) is 0 Å². The molecule has 0 bridgehead atoms. The summed E-state index contributed by atoms with van der Waals surface area (Å²) in [4.78, 5) is 25.7. The van der Waals surface area contributed by atoms with Gasteiger partial charge in [-0.2, -0.15) is 0 Å². The van der Waals surface area contributed by atoms with Crippen molar-refractivity contribution < 1.29 is 9.18 Å². The van der Waals surface area contributed by atoms with Crippen LogP contribution in [0.25, 0.3) is 0 Å². The maximum atomic E-state index is 13.0. The molecule has 0 aliphatic carbocycles. The third-order valence-corrected chi connectivity index (χ3v) is 4.88. The third-order valence-electron chi connectivity index (χ3n) is 4.88. The van der Waals surface area contributed by atoms with E-state index in [0.717, 1.165) is 43.3 Å². The molecule has 1 amide bonds. The third kappa shape index (κ3) is 6.20. The number of carbonyl (C=O) groups excluding carboxylic acids is 1. The van der Waals surface area contributed by atoms with Crippen LogP contribution < -0.4 is 15.5 Å². The number of halogens is 1. The second-order valence-electron chi connectivity index (χ2n) is 7.74. The molecule has 3 rings (SSSR count). The first kappa shape index (κ1) is 21.1. The number of aromatic nitrogens is 2. The predicted octanol–water partition coefficient (Wildman–Crippen LogP) is 2.22. The van der Waals surface area contributed by atoms with Gasteiger partial charge < -0.3 is 15.5 Å². The highest BCUT2D eigenvalue weighted by Gasteiger charge is 2.20. The number of hydrogen-bond acceptors (Lipinski definition) is 6. The first-order chi connectivity index (χ1) is 13.9. The number of hydrogen-bond donors (Lipinski definition) is 2. The maximum absolute atomic E-state index is 13.0. The van der Waals surface area contributed by atoms with Crippen molar-refractivity contribution in [1.82, 2.24) is 20.2 Å². The SMILES string of the molecule is CN(CC(=O)Nc1ccc(F)cc1)Cc1cc(N(C)C)nc(C2CCCNC2)n1. The molecule has 1 aromatic carbocycles. The van der Waals surface area contributed by atoms with E-state index in [4.69, 9.17) is 9.97 Å². The molecule has 156 valence electrons. The number of rotatable bonds is 7. The summed E-state index contributed by atoms with van der Waals surface area (Å²) in [7, 11) is 5.81. The van der Waals surface area contributed by atoms with Gasteiger partial charge in [0.25, 0.3) is 0 Å². The molecular formula is C21H29FN6O. The van der Waals surface area contributed by atoms with Crippen LogP contribution in [0.15, 0.2) is 30.3 Å². The molecule has 2 aromatic rings. The number of carbonyl (C=O) groups is 1. The summed E-state index contributed by atoms with van der Waals surface area (Å²) in [6.07, 6.45) is 2.21. The van der Waals surface area contributed by atoms with E-state index in [9.17, 15) is 9.18 Å². The topological polar surface area (TPSA) is 73.4 Å². The zero-order valence-corrected chi connectivity index (χ0v) is 17.3. The van der Waals surface area contributed by atoms with Gasteiger partial charge in [-0.05, 0) is 50.7 Å². The lowest BCUT2D eigenvalue weighted by atomic mass is 9.99. The highest BCUT2D eigenvalue weighted by Crippen LogP contribution is 2.23. The lowest BCUT2D eigenvalue weighted by Crippen LogP contribution is -2.31. The van der Waals surface area contributed by atoms with Crippen molar-refractivity contribution in [2.45, 2.75) is 25.3 Å². The molecule has 2 N–H and O–H groups in total. The lowest BCUT2D eigenvalue weighted by Gasteiger charge is -2.24. The van der Waals surface area contributed by atoms with Gasteiger partial charge in [-0.1, -0.05) is 0 Å². The van der Waals surface area contributed by atoms with E-state index in [0.29, 0.717) is 18.2 Å². The van der Waals surface area contributed by atoms with Crippen molar-refractivity contribution in [3.63, 3.8) is 0 Å². The summed E-state index contributed by atoms with van der Waals surface area (Å²) < 4.78 is 13.0. The highest BCUT2D eigenvalue weighted by molar-refractivity contribution is 5.92. The molecule has 0 radical (unpaired) electrons. The smallest absolute Gasteiger partial charge is 0.238 e. The fraction of sp³-hybridized carbons (Fsp3) is 0.476.